The lowest BCUT2D eigenvalue weighted by atomic mass is 10.1. The zero-order valence-electron chi connectivity index (χ0n) is 10.8. The molecule has 1 aliphatic heterocycles. The Balaban J connectivity index is 1.98. The molecule has 8 heteroatoms. The van der Waals surface area contributed by atoms with Gasteiger partial charge in [-0.05, 0) is 18.8 Å². The molecular formula is C11H17N5O3. The molecule has 2 N–H and O–H groups in total. The quantitative estimate of drug-likeness (QED) is 0.591. The number of rotatable bonds is 6. The highest BCUT2D eigenvalue weighted by atomic mass is 16.6. The van der Waals surface area contributed by atoms with E-state index in [4.69, 9.17) is 4.74 Å². The first-order chi connectivity index (χ1) is 9.20. The summed E-state index contributed by atoms with van der Waals surface area (Å²) in [4.78, 5) is 18.3. The molecule has 2 heterocycles. The van der Waals surface area contributed by atoms with Crippen molar-refractivity contribution in [2.24, 2.45) is 5.92 Å². The van der Waals surface area contributed by atoms with Gasteiger partial charge in [-0.25, -0.2) is 4.98 Å². The van der Waals surface area contributed by atoms with Gasteiger partial charge in [0.2, 0.25) is 11.8 Å². The van der Waals surface area contributed by atoms with Gasteiger partial charge in [-0.1, -0.05) is 0 Å². The third kappa shape index (κ3) is 3.50. The Kier molecular flexibility index (Phi) is 4.45. The monoisotopic (exact) mass is 267 g/mol. The number of hydrogen-bond acceptors (Lipinski definition) is 7. The predicted octanol–water partition coefficient (Wildman–Crippen LogP) is 1.26. The van der Waals surface area contributed by atoms with Crippen molar-refractivity contribution in [3.63, 3.8) is 0 Å². The molecule has 0 aliphatic carbocycles. The van der Waals surface area contributed by atoms with Gasteiger partial charge < -0.3 is 15.4 Å². The summed E-state index contributed by atoms with van der Waals surface area (Å²) in [5.41, 5.74) is -0.110. The van der Waals surface area contributed by atoms with E-state index in [1.54, 1.807) is 7.05 Å². The van der Waals surface area contributed by atoms with E-state index in [-0.39, 0.29) is 11.5 Å². The smallest absolute Gasteiger partial charge is 0.329 e. The Morgan fingerprint density at radius 2 is 2.47 bits per heavy atom. The fraction of sp³-hybridized carbons (Fsp3) is 0.636. The van der Waals surface area contributed by atoms with E-state index in [0.717, 1.165) is 26.1 Å². The van der Waals surface area contributed by atoms with Gasteiger partial charge in [0.25, 0.3) is 0 Å². The number of nitrogens with one attached hydrogen (secondary N) is 2. The summed E-state index contributed by atoms with van der Waals surface area (Å²) in [6.07, 6.45) is 3.17. The highest BCUT2D eigenvalue weighted by molar-refractivity contribution is 5.56. The Labute approximate surface area is 110 Å². The maximum absolute atomic E-state index is 10.9. The van der Waals surface area contributed by atoms with Crippen molar-refractivity contribution in [3.05, 3.63) is 16.3 Å². The van der Waals surface area contributed by atoms with E-state index in [0.29, 0.717) is 18.4 Å². The Bertz CT molecular complexity index is 448. The zero-order valence-corrected chi connectivity index (χ0v) is 10.8. The largest absolute Gasteiger partial charge is 0.381 e. The molecule has 1 aromatic rings. The molecule has 1 aromatic heterocycles. The highest BCUT2D eigenvalue weighted by Crippen LogP contribution is 2.22. The van der Waals surface area contributed by atoms with Gasteiger partial charge in [0.05, 0.1) is 4.92 Å². The van der Waals surface area contributed by atoms with Crippen LogP contribution >= 0.6 is 0 Å². The van der Waals surface area contributed by atoms with Crippen molar-refractivity contribution in [2.45, 2.75) is 12.8 Å². The SMILES string of the molecule is CNc1ncc([N+](=O)[O-])c(NCCC2CCOC2)n1. The minimum Gasteiger partial charge on any atom is -0.381 e. The van der Waals surface area contributed by atoms with Crippen LogP contribution in [0.15, 0.2) is 6.20 Å². The molecule has 1 saturated heterocycles. The predicted molar refractivity (Wildman–Crippen MR) is 70.3 cm³/mol. The Morgan fingerprint density at radius 1 is 1.63 bits per heavy atom. The summed E-state index contributed by atoms with van der Waals surface area (Å²) in [7, 11) is 1.67. The van der Waals surface area contributed by atoms with E-state index >= 15 is 0 Å². The first-order valence-electron chi connectivity index (χ1n) is 6.21. The first kappa shape index (κ1) is 13.5. The standard InChI is InChI=1S/C11H17N5O3/c1-12-11-14-6-9(16(17)18)10(15-11)13-4-2-8-3-5-19-7-8/h6,8H,2-5,7H2,1H3,(H2,12,13,14,15). The minimum atomic E-state index is -0.486. The van der Waals surface area contributed by atoms with Crippen LogP contribution in [0.1, 0.15) is 12.8 Å². The van der Waals surface area contributed by atoms with Crippen LogP contribution in [0.25, 0.3) is 0 Å². The van der Waals surface area contributed by atoms with Crippen molar-refractivity contribution < 1.29 is 9.66 Å². The van der Waals surface area contributed by atoms with Crippen LogP contribution in [0.2, 0.25) is 0 Å². The second-order valence-corrected chi connectivity index (χ2v) is 4.38. The van der Waals surface area contributed by atoms with Crippen LogP contribution in [-0.4, -0.2) is 41.7 Å². The van der Waals surface area contributed by atoms with Gasteiger partial charge in [0, 0.05) is 26.8 Å². The second kappa shape index (κ2) is 6.28. The van der Waals surface area contributed by atoms with Crippen LogP contribution in [-0.2, 0) is 4.74 Å². The van der Waals surface area contributed by atoms with Gasteiger partial charge in [0.1, 0.15) is 6.20 Å². The Hall–Kier alpha value is -1.96. The van der Waals surface area contributed by atoms with E-state index in [9.17, 15) is 10.1 Å². The lowest BCUT2D eigenvalue weighted by Crippen LogP contribution is -2.12. The summed E-state index contributed by atoms with van der Waals surface area (Å²) in [6.45, 7) is 2.21. The molecule has 1 unspecified atom stereocenters. The molecule has 1 atom stereocenters. The van der Waals surface area contributed by atoms with Crippen molar-refractivity contribution in [1.82, 2.24) is 9.97 Å². The van der Waals surface area contributed by atoms with Crippen molar-refractivity contribution >= 4 is 17.5 Å². The molecule has 0 aromatic carbocycles. The fourth-order valence-corrected chi connectivity index (χ4v) is 1.97. The molecule has 0 saturated carbocycles. The second-order valence-electron chi connectivity index (χ2n) is 4.38. The average molecular weight is 267 g/mol. The van der Waals surface area contributed by atoms with E-state index in [1.165, 1.54) is 6.20 Å². The highest BCUT2D eigenvalue weighted by Gasteiger charge is 2.18. The molecule has 0 spiro atoms. The topological polar surface area (TPSA) is 102 Å². The van der Waals surface area contributed by atoms with Crippen LogP contribution in [0, 0.1) is 16.0 Å². The van der Waals surface area contributed by atoms with Crippen molar-refractivity contribution in [3.8, 4) is 0 Å². The molecule has 8 nitrogen and oxygen atoms in total. The molecule has 0 radical (unpaired) electrons. The van der Waals surface area contributed by atoms with Crippen molar-refractivity contribution in [1.29, 1.82) is 0 Å². The summed E-state index contributed by atoms with van der Waals surface area (Å²) in [5.74, 6) is 1.14. The normalized spacial score (nSPS) is 18.3. The third-order valence-corrected chi connectivity index (χ3v) is 3.06. The summed E-state index contributed by atoms with van der Waals surface area (Å²) < 4.78 is 5.29. The van der Waals surface area contributed by atoms with E-state index in [2.05, 4.69) is 20.6 Å². The van der Waals surface area contributed by atoms with Gasteiger partial charge in [0.15, 0.2) is 0 Å². The third-order valence-electron chi connectivity index (χ3n) is 3.06. The van der Waals surface area contributed by atoms with Crippen molar-refractivity contribution in [2.75, 3.05) is 37.4 Å². The lowest BCUT2D eigenvalue weighted by molar-refractivity contribution is -0.384. The first-order valence-corrected chi connectivity index (χ1v) is 6.21. The summed E-state index contributed by atoms with van der Waals surface area (Å²) >= 11 is 0. The number of aromatic nitrogens is 2. The summed E-state index contributed by atoms with van der Waals surface area (Å²) in [6, 6.07) is 0. The average Bonchev–Trinajstić information content (AvgIpc) is 2.91. The zero-order chi connectivity index (χ0) is 13.7. The molecule has 104 valence electrons. The van der Waals surface area contributed by atoms with Crippen LogP contribution in [0.4, 0.5) is 17.5 Å². The minimum absolute atomic E-state index is 0.110. The van der Waals surface area contributed by atoms with Gasteiger partial charge in [-0.2, -0.15) is 4.98 Å². The molecule has 2 rings (SSSR count). The van der Waals surface area contributed by atoms with Gasteiger partial charge in [-0.3, -0.25) is 10.1 Å². The molecule has 1 aliphatic rings. The van der Waals surface area contributed by atoms with E-state index < -0.39 is 4.92 Å². The Morgan fingerprint density at radius 3 is 3.11 bits per heavy atom. The van der Waals surface area contributed by atoms with Crippen LogP contribution in [0.3, 0.4) is 0 Å². The molecule has 19 heavy (non-hydrogen) atoms. The van der Waals surface area contributed by atoms with Crippen LogP contribution in [0.5, 0.6) is 0 Å². The molecule has 0 bridgehead atoms. The van der Waals surface area contributed by atoms with Crippen LogP contribution < -0.4 is 10.6 Å². The number of ether oxygens (including phenoxy) is 1. The maximum Gasteiger partial charge on any atom is 0.329 e. The summed E-state index contributed by atoms with van der Waals surface area (Å²) in [5, 5.41) is 16.7. The lowest BCUT2D eigenvalue weighted by Gasteiger charge is -2.10. The molecular weight excluding hydrogens is 250 g/mol. The fourth-order valence-electron chi connectivity index (χ4n) is 1.97. The maximum atomic E-state index is 10.9. The molecule has 0 amide bonds. The van der Waals surface area contributed by atoms with Gasteiger partial charge in [-0.15, -0.1) is 0 Å². The number of anilines is 2. The molecule has 1 fully saturated rings. The van der Waals surface area contributed by atoms with Gasteiger partial charge >= 0.3 is 5.69 Å². The van der Waals surface area contributed by atoms with E-state index in [1.807, 2.05) is 0 Å². The number of nitrogens with zero attached hydrogens (tertiary/aromatic N) is 3. The number of hydrogen-bond donors (Lipinski definition) is 2. The number of nitro groups is 1.